The topological polar surface area (TPSA) is 105 Å². The Kier molecular flexibility index (Phi) is 6.66. The van der Waals surface area contributed by atoms with Crippen molar-refractivity contribution >= 4 is 29.5 Å². The molecular formula is C18H21F2N3O5. The number of halogens is 2. The van der Waals surface area contributed by atoms with Crippen LogP contribution >= 0.6 is 0 Å². The number of esters is 1. The Labute approximate surface area is 160 Å². The average molecular weight is 397 g/mol. The van der Waals surface area contributed by atoms with Crippen LogP contribution in [0.3, 0.4) is 0 Å². The van der Waals surface area contributed by atoms with Crippen LogP contribution in [0.25, 0.3) is 0 Å². The van der Waals surface area contributed by atoms with E-state index in [-0.39, 0.29) is 0 Å². The van der Waals surface area contributed by atoms with E-state index in [2.05, 4.69) is 5.32 Å². The molecule has 0 unspecified atom stereocenters. The zero-order valence-electron chi connectivity index (χ0n) is 15.5. The van der Waals surface area contributed by atoms with Crippen LogP contribution in [0, 0.1) is 11.6 Å². The minimum Gasteiger partial charge on any atom is -0.454 e. The third kappa shape index (κ3) is 4.81. The number of rotatable bonds is 8. The number of para-hydroxylation sites is 1. The molecule has 1 aromatic carbocycles. The highest BCUT2D eigenvalue weighted by molar-refractivity contribution is 6.08. The minimum atomic E-state index is -1.09. The summed E-state index contributed by atoms with van der Waals surface area (Å²) in [7, 11) is 0. The van der Waals surface area contributed by atoms with Crippen molar-refractivity contribution < 1.29 is 32.7 Å². The van der Waals surface area contributed by atoms with E-state index >= 15 is 0 Å². The van der Waals surface area contributed by atoms with E-state index in [1.165, 1.54) is 0 Å². The van der Waals surface area contributed by atoms with Gasteiger partial charge < -0.3 is 15.4 Å². The molecule has 0 saturated carbocycles. The summed E-state index contributed by atoms with van der Waals surface area (Å²) in [6.07, 6.45) is 1.97. The molecule has 1 aromatic rings. The largest absolute Gasteiger partial charge is 0.454 e. The predicted octanol–water partition coefficient (Wildman–Crippen LogP) is 1.95. The summed E-state index contributed by atoms with van der Waals surface area (Å²) in [4.78, 5) is 48.7. The Balaban J connectivity index is 1.88. The lowest BCUT2D eigenvalue weighted by Crippen LogP contribution is -2.44. The second-order valence-corrected chi connectivity index (χ2v) is 6.56. The monoisotopic (exact) mass is 397 g/mol. The number of benzene rings is 1. The average Bonchev–Trinajstić information content (AvgIpc) is 2.85. The quantitative estimate of drug-likeness (QED) is 0.515. The SMILES string of the molecule is CCCC[C@@]1(C)NC(=O)N(CC(=O)OCC(=O)Nc2c(F)cccc2F)C1=O. The number of hydrogen-bond donors (Lipinski definition) is 2. The van der Waals surface area contributed by atoms with E-state index in [0.29, 0.717) is 17.7 Å². The Hall–Kier alpha value is -3.04. The first-order chi connectivity index (χ1) is 13.2. The molecule has 0 bridgehead atoms. The molecule has 4 amide bonds. The number of amides is 4. The summed E-state index contributed by atoms with van der Waals surface area (Å²) in [5, 5.41) is 4.50. The lowest BCUT2D eigenvalue weighted by Gasteiger charge is -2.21. The first kappa shape index (κ1) is 21.3. The number of imide groups is 1. The van der Waals surface area contributed by atoms with Crippen molar-refractivity contribution in [2.24, 2.45) is 0 Å². The molecule has 1 aliphatic rings. The zero-order valence-corrected chi connectivity index (χ0v) is 15.5. The van der Waals surface area contributed by atoms with Crippen molar-refractivity contribution in [1.29, 1.82) is 0 Å². The number of unbranched alkanes of at least 4 members (excludes halogenated alkanes) is 1. The van der Waals surface area contributed by atoms with Crippen LogP contribution in [0.2, 0.25) is 0 Å². The van der Waals surface area contributed by atoms with Crippen molar-refractivity contribution in [2.45, 2.75) is 38.6 Å². The fraction of sp³-hybridized carbons (Fsp3) is 0.444. The highest BCUT2D eigenvalue weighted by atomic mass is 19.1. The lowest BCUT2D eigenvalue weighted by atomic mass is 9.95. The molecule has 0 spiro atoms. The van der Waals surface area contributed by atoms with Crippen LogP contribution in [-0.2, 0) is 19.1 Å². The van der Waals surface area contributed by atoms with Crippen molar-refractivity contribution in [3.63, 3.8) is 0 Å². The van der Waals surface area contributed by atoms with Gasteiger partial charge in [-0.3, -0.25) is 19.3 Å². The maximum absolute atomic E-state index is 13.5. The van der Waals surface area contributed by atoms with E-state index in [1.54, 1.807) is 6.92 Å². The lowest BCUT2D eigenvalue weighted by molar-refractivity contribution is -0.150. The van der Waals surface area contributed by atoms with Gasteiger partial charge >= 0.3 is 12.0 Å². The highest BCUT2D eigenvalue weighted by Crippen LogP contribution is 2.23. The van der Waals surface area contributed by atoms with Gasteiger partial charge in [0.2, 0.25) is 0 Å². The number of urea groups is 1. The molecule has 1 saturated heterocycles. The molecule has 0 aliphatic carbocycles. The summed E-state index contributed by atoms with van der Waals surface area (Å²) in [6.45, 7) is 2.01. The molecule has 0 aromatic heterocycles. The van der Waals surface area contributed by atoms with Gasteiger partial charge in [0.15, 0.2) is 6.61 Å². The molecule has 8 nitrogen and oxygen atoms in total. The van der Waals surface area contributed by atoms with Gasteiger partial charge in [-0.05, 0) is 25.5 Å². The first-order valence-corrected chi connectivity index (χ1v) is 8.71. The molecule has 1 aliphatic heterocycles. The maximum Gasteiger partial charge on any atom is 0.326 e. The van der Waals surface area contributed by atoms with Gasteiger partial charge in [-0.25, -0.2) is 13.6 Å². The summed E-state index contributed by atoms with van der Waals surface area (Å²) in [6, 6.07) is 2.32. The normalized spacial score (nSPS) is 18.8. The van der Waals surface area contributed by atoms with Crippen LogP contribution in [0.1, 0.15) is 33.1 Å². The number of carbonyl (C=O) groups excluding carboxylic acids is 4. The second-order valence-electron chi connectivity index (χ2n) is 6.56. The van der Waals surface area contributed by atoms with Crippen LogP contribution < -0.4 is 10.6 Å². The third-order valence-corrected chi connectivity index (χ3v) is 4.25. The van der Waals surface area contributed by atoms with E-state index in [4.69, 9.17) is 4.74 Å². The molecule has 28 heavy (non-hydrogen) atoms. The number of ether oxygens (including phenoxy) is 1. The number of carbonyl (C=O) groups is 4. The van der Waals surface area contributed by atoms with E-state index in [9.17, 15) is 28.0 Å². The number of nitrogens with one attached hydrogen (secondary N) is 2. The predicted molar refractivity (Wildman–Crippen MR) is 94.1 cm³/mol. The van der Waals surface area contributed by atoms with Crippen LogP contribution in [0.15, 0.2) is 18.2 Å². The van der Waals surface area contributed by atoms with Gasteiger partial charge in [0.05, 0.1) is 0 Å². The van der Waals surface area contributed by atoms with E-state index in [1.807, 2.05) is 12.2 Å². The standard InChI is InChI=1S/C18H21F2N3O5/c1-3-4-8-18(2)16(26)23(17(27)22-18)9-14(25)28-10-13(24)21-15-11(19)6-5-7-12(15)20/h5-7H,3-4,8-10H2,1-2H3,(H,21,24)(H,22,27)/t18-/m1/s1. The van der Waals surface area contributed by atoms with Gasteiger partial charge in [0.25, 0.3) is 11.8 Å². The molecule has 1 heterocycles. The number of anilines is 1. The minimum absolute atomic E-state index is 0.427. The molecular weight excluding hydrogens is 376 g/mol. The maximum atomic E-state index is 13.5. The summed E-state index contributed by atoms with van der Waals surface area (Å²) in [5.74, 6) is -4.49. The number of hydrogen-bond acceptors (Lipinski definition) is 5. The summed E-state index contributed by atoms with van der Waals surface area (Å²) in [5.41, 5.74) is -1.75. The molecule has 152 valence electrons. The Morgan fingerprint density at radius 1 is 1.25 bits per heavy atom. The van der Waals surface area contributed by atoms with Crippen molar-refractivity contribution in [2.75, 3.05) is 18.5 Å². The van der Waals surface area contributed by atoms with Gasteiger partial charge in [0, 0.05) is 0 Å². The van der Waals surface area contributed by atoms with Crippen molar-refractivity contribution in [3.05, 3.63) is 29.8 Å². The zero-order chi connectivity index (χ0) is 20.9. The fourth-order valence-electron chi connectivity index (χ4n) is 2.70. The molecule has 1 fully saturated rings. The van der Waals surface area contributed by atoms with Gasteiger partial charge in [-0.2, -0.15) is 0 Å². The van der Waals surface area contributed by atoms with E-state index in [0.717, 1.165) is 24.6 Å². The van der Waals surface area contributed by atoms with Crippen molar-refractivity contribution in [3.8, 4) is 0 Å². The first-order valence-electron chi connectivity index (χ1n) is 8.71. The Morgan fingerprint density at radius 2 is 1.89 bits per heavy atom. The summed E-state index contributed by atoms with van der Waals surface area (Å²) < 4.78 is 31.6. The molecule has 10 heteroatoms. The van der Waals surface area contributed by atoms with Crippen molar-refractivity contribution in [1.82, 2.24) is 10.2 Å². The Bertz CT molecular complexity index is 781. The molecule has 1 atom stereocenters. The second kappa shape index (κ2) is 8.77. The smallest absolute Gasteiger partial charge is 0.326 e. The third-order valence-electron chi connectivity index (χ3n) is 4.25. The Morgan fingerprint density at radius 3 is 2.50 bits per heavy atom. The molecule has 2 rings (SSSR count). The van der Waals surface area contributed by atoms with Crippen LogP contribution in [0.5, 0.6) is 0 Å². The fourth-order valence-corrected chi connectivity index (χ4v) is 2.70. The summed E-state index contributed by atoms with van der Waals surface area (Å²) >= 11 is 0. The highest BCUT2D eigenvalue weighted by Gasteiger charge is 2.47. The number of nitrogens with zero attached hydrogens (tertiary/aromatic N) is 1. The van der Waals surface area contributed by atoms with Crippen LogP contribution in [0.4, 0.5) is 19.3 Å². The van der Waals surface area contributed by atoms with Gasteiger partial charge in [-0.1, -0.05) is 25.8 Å². The van der Waals surface area contributed by atoms with E-state index < -0.39 is 59.8 Å². The van der Waals surface area contributed by atoms with Gasteiger partial charge in [0.1, 0.15) is 29.4 Å². The molecule has 2 N–H and O–H groups in total. The van der Waals surface area contributed by atoms with Crippen LogP contribution in [-0.4, -0.2) is 47.4 Å². The molecule has 0 radical (unpaired) electrons. The van der Waals surface area contributed by atoms with Gasteiger partial charge in [-0.15, -0.1) is 0 Å².